The fourth-order valence-electron chi connectivity index (χ4n) is 3.44. The Morgan fingerprint density at radius 1 is 1.15 bits per heavy atom. The molecule has 2 nitrogen and oxygen atoms in total. The zero-order valence-corrected chi connectivity index (χ0v) is 13.5. The lowest BCUT2D eigenvalue weighted by Gasteiger charge is -2.38. The van der Waals surface area contributed by atoms with Crippen molar-refractivity contribution in [2.75, 3.05) is 13.1 Å². The van der Waals surface area contributed by atoms with E-state index in [1.807, 2.05) is 0 Å². The molecule has 1 fully saturated rings. The van der Waals surface area contributed by atoms with Crippen molar-refractivity contribution in [3.63, 3.8) is 0 Å². The average molecular weight is 274 g/mol. The predicted molar refractivity (Wildman–Crippen MR) is 86.6 cm³/mol. The van der Waals surface area contributed by atoms with Crippen LogP contribution in [0.25, 0.3) is 0 Å². The summed E-state index contributed by atoms with van der Waals surface area (Å²) in [5, 5.41) is 0. The lowest BCUT2D eigenvalue weighted by molar-refractivity contribution is 0.121. The molecule has 112 valence electrons. The fraction of sp³-hybridized carbons (Fsp3) is 0.667. The molecule has 1 aromatic carbocycles. The van der Waals surface area contributed by atoms with Crippen molar-refractivity contribution in [2.45, 2.75) is 53.1 Å². The highest BCUT2D eigenvalue weighted by atomic mass is 15.1. The molecule has 2 atom stereocenters. The highest BCUT2D eigenvalue weighted by molar-refractivity contribution is 5.21. The monoisotopic (exact) mass is 274 g/mol. The van der Waals surface area contributed by atoms with Gasteiger partial charge in [0, 0.05) is 25.7 Å². The Balaban J connectivity index is 1.95. The van der Waals surface area contributed by atoms with E-state index >= 15 is 0 Å². The molecule has 0 aliphatic carbocycles. The van der Waals surface area contributed by atoms with Crippen LogP contribution < -0.4 is 5.73 Å². The summed E-state index contributed by atoms with van der Waals surface area (Å²) in [6.07, 6.45) is 2.45. The van der Waals surface area contributed by atoms with E-state index in [0.717, 1.165) is 19.0 Å². The number of nitrogens with zero attached hydrogens (tertiary/aromatic N) is 1. The van der Waals surface area contributed by atoms with Gasteiger partial charge in [0.1, 0.15) is 0 Å². The van der Waals surface area contributed by atoms with Crippen LogP contribution in [0.4, 0.5) is 0 Å². The number of benzene rings is 1. The van der Waals surface area contributed by atoms with Crippen LogP contribution in [-0.2, 0) is 6.54 Å². The van der Waals surface area contributed by atoms with E-state index < -0.39 is 0 Å². The molecule has 1 saturated heterocycles. The number of piperidine rings is 1. The van der Waals surface area contributed by atoms with Crippen LogP contribution in [0, 0.1) is 18.3 Å². The van der Waals surface area contributed by atoms with E-state index in [9.17, 15) is 0 Å². The Morgan fingerprint density at radius 3 is 2.40 bits per heavy atom. The van der Waals surface area contributed by atoms with Crippen LogP contribution in [0.2, 0.25) is 0 Å². The third-order valence-corrected chi connectivity index (χ3v) is 4.07. The number of rotatable bonds is 3. The Morgan fingerprint density at radius 2 is 1.80 bits per heavy atom. The number of hydrogen-bond acceptors (Lipinski definition) is 2. The topological polar surface area (TPSA) is 29.3 Å². The van der Waals surface area contributed by atoms with Crippen molar-refractivity contribution >= 4 is 0 Å². The fourth-order valence-corrected chi connectivity index (χ4v) is 3.44. The van der Waals surface area contributed by atoms with E-state index in [4.69, 9.17) is 5.73 Å². The van der Waals surface area contributed by atoms with Crippen LogP contribution >= 0.6 is 0 Å². The summed E-state index contributed by atoms with van der Waals surface area (Å²) in [4.78, 5) is 2.54. The standard InChI is InChI=1S/C18H30N2/c1-14-5-7-15(8-6-14)11-20-12-16(9-17(19)13-20)10-18(2,3)4/h5-8,16-17H,9-13,19H2,1-4H3. The molecule has 0 spiro atoms. The van der Waals surface area contributed by atoms with E-state index in [-0.39, 0.29) is 0 Å². The minimum atomic E-state index is 0.335. The molecule has 1 aromatic rings. The summed E-state index contributed by atoms with van der Waals surface area (Å²) in [6.45, 7) is 12.4. The van der Waals surface area contributed by atoms with Crippen molar-refractivity contribution in [3.8, 4) is 0 Å². The summed E-state index contributed by atoms with van der Waals surface area (Å²) in [5.41, 5.74) is 9.40. The smallest absolute Gasteiger partial charge is 0.0234 e. The van der Waals surface area contributed by atoms with Crippen LogP contribution in [0.15, 0.2) is 24.3 Å². The highest BCUT2D eigenvalue weighted by Gasteiger charge is 2.28. The van der Waals surface area contributed by atoms with Crippen molar-refractivity contribution in [2.24, 2.45) is 17.1 Å². The lowest BCUT2D eigenvalue weighted by atomic mass is 9.80. The first-order chi connectivity index (χ1) is 9.32. The SMILES string of the molecule is Cc1ccc(CN2CC(N)CC(CC(C)(C)C)C2)cc1. The second-order valence-corrected chi connectivity index (χ2v) is 7.81. The van der Waals surface area contributed by atoms with Gasteiger partial charge in [-0.1, -0.05) is 50.6 Å². The van der Waals surface area contributed by atoms with E-state index in [1.165, 1.54) is 30.5 Å². The van der Waals surface area contributed by atoms with Crippen molar-refractivity contribution in [1.82, 2.24) is 4.90 Å². The summed E-state index contributed by atoms with van der Waals surface area (Å²) in [5.74, 6) is 0.740. The second-order valence-electron chi connectivity index (χ2n) is 7.81. The van der Waals surface area contributed by atoms with E-state index in [0.29, 0.717) is 11.5 Å². The van der Waals surface area contributed by atoms with Crippen LogP contribution in [0.5, 0.6) is 0 Å². The maximum absolute atomic E-state index is 6.27. The molecule has 0 bridgehead atoms. The van der Waals surface area contributed by atoms with Gasteiger partial charge in [0.2, 0.25) is 0 Å². The molecule has 1 heterocycles. The minimum Gasteiger partial charge on any atom is -0.327 e. The predicted octanol–water partition coefficient (Wildman–Crippen LogP) is 3.58. The molecular formula is C18H30N2. The molecule has 2 N–H and O–H groups in total. The van der Waals surface area contributed by atoms with Gasteiger partial charge in [-0.25, -0.2) is 0 Å². The van der Waals surface area contributed by atoms with Gasteiger partial charge < -0.3 is 5.73 Å². The van der Waals surface area contributed by atoms with Gasteiger partial charge in [0.15, 0.2) is 0 Å². The molecule has 1 aliphatic heterocycles. The van der Waals surface area contributed by atoms with Crippen LogP contribution in [0.1, 0.15) is 44.7 Å². The van der Waals surface area contributed by atoms with Gasteiger partial charge in [-0.3, -0.25) is 4.90 Å². The van der Waals surface area contributed by atoms with Gasteiger partial charge >= 0.3 is 0 Å². The Hall–Kier alpha value is -0.860. The molecule has 2 unspecified atom stereocenters. The average Bonchev–Trinajstić information content (AvgIpc) is 2.29. The third-order valence-electron chi connectivity index (χ3n) is 4.07. The Kier molecular flexibility index (Phi) is 4.87. The van der Waals surface area contributed by atoms with Gasteiger partial charge in [-0.15, -0.1) is 0 Å². The molecule has 0 radical (unpaired) electrons. The van der Waals surface area contributed by atoms with Gasteiger partial charge in [0.05, 0.1) is 0 Å². The molecule has 20 heavy (non-hydrogen) atoms. The molecule has 0 saturated carbocycles. The minimum absolute atomic E-state index is 0.335. The highest BCUT2D eigenvalue weighted by Crippen LogP contribution is 2.30. The molecule has 1 aliphatic rings. The summed E-state index contributed by atoms with van der Waals surface area (Å²) >= 11 is 0. The molecule has 0 amide bonds. The molecule has 2 rings (SSSR count). The largest absolute Gasteiger partial charge is 0.327 e. The maximum atomic E-state index is 6.27. The quantitative estimate of drug-likeness (QED) is 0.913. The van der Waals surface area contributed by atoms with Gasteiger partial charge in [-0.2, -0.15) is 0 Å². The summed E-state index contributed by atoms with van der Waals surface area (Å²) < 4.78 is 0. The van der Waals surface area contributed by atoms with Crippen molar-refractivity contribution < 1.29 is 0 Å². The normalized spacial score (nSPS) is 24.9. The maximum Gasteiger partial charge on any atom is 0.0234 e. The first kappa shape index (κ1) is 15.5. The first-order valence-electron chi connectivity index (χ1n) is 7.85. The zero-order chi connectivity index (χ0) is 14.8. The lowest BCUT2D eigenvalue weighted by Crippen LogP contribution is -2.47. The number of nitrogens with two attached hydrogens (primary N) is 1. The Bertz CT molecular complexity index is 416. The zero-order valence-electron chi connectivity index (χ0n) is 13.5. The van der Waals surface area contributed by atoms with Crippen LogP contribution in [0.3, 0.4) is 0 Å². The van der Waals surface area contributed by atoms with E-state index in [1.54, 1.807) is 0 Å². The number of likely N-dealkylation sites (tertiary alicyclic amines) is 1. The molecular weight excluding hydrogens is 244 g/mol. The second kappa shape index (κ2) is 6.28. The first-order valence-corrected chi connectivity index (χ1v) is 7.85. The van der Waals surface area contributed by atoms with Gasteiger partial charge in [0.25, 0.3) is 0 Å². The Labute approximate surface area is 124 Å². The third kappa shape index (κ3) is 4.92. The van der Waals surface area contributed by atoms with Crippen molar-refractivity contribution in [3.05, 3.63) is 35.4 Å². The number of aryl methyl sites for hydroxylation is 1. The summed E-state index contributed by atoms with van der Waals surface area (Å²) in [6, 6.07) is 9.22. The van der Waals surface area contributed by atoms with Crippen LogP contribution in [-0.4, -0.2) is 24.0 Å². The summed E-state index contributed by atoms with van der Waals surface area (Å²) in [7, 11) is 0. The van der Waals surface area contributed by atoms with E-state index in [2.05, 4.69) is 56.9 Å². The molecule has 2 heteroatoms. The molecule has 0 aromatic heterocycles. The van der Waals surface area contributed by atoms with Gasteiger partial charge in [-0.05, 0) is 36.7 Å². The number of hydrogen-bond donors (Lipinski definition) is 1. The van der Waals surface area contributed by atoms with Crippen molar-refractivity contribution in [1.29, 1.82) is 0 Å².